The summed E-state index contributed by atoms with van der Waals surface area (Å²) in [6.45, 7) is 7.65. The molecule has 0 saturated carbocycles. The van der Waals surface area contributed by atoms with E-state index in [0.29, 0.717) is 18.2 Å². The van der Waals surface area contributed by atoms with Crippen LogP contribution in [0.5, 0.6) is 0 Å². The Kier molecular flexibility index (Phi) is 3.83. The second-order valence-electron chi connectivity index (χ2n) is 4.80. The molecule has 0 radical (unpaired) electrons. The summed E-state index contributed by atoms with van der Waals surface area (Å²) >= 11 is 0. The normalized spacial score (nSPS) is 23.8. The summed E-state index contributed by atoms with van der Waals surface area (Å²) in [6.07, 6.45) is 2.95. The first kappa shape index (κ1) is 12.8. The summed E-state index contributed by atoms with van der Waals surface area (Å²) in [5.41, 5.74) is 1.67. The van der Waals surface area contributed by atoms with Crippen molar-refractivity contribution in [2.24, 2.45) is 0 Å². The Morgan fingerprint density at radius 3 is 3.06 bits per heavy atom. The molecule has 1 aliphatic heterocycles. The molecule has 0 amide bonds. The quantitative estimate of drug-likeness (QED) is 0.802. The smallest absolute Gasteiger partial charge is 0.147 e. The van der Waals surface area contributed by atoms with Crippen LogP contribution < -0.4 is 4.90 Å². The second kappa shape index (κ2) is 5.36. The maximum Gasteiger partial charge on any atom is 0.147 e. The minimum absolute atomic E-state index is 0.182. The fourth-order valence-corrected chi connectivity index (χ4v) is 2.34. The Hall–Kier alpha value is -1.60. The van der Waals surface area contributed by atoms with Gasteiger partial charge in [0, 0.05) is 12.7 Å². The SMILES string of the molecule is CCC1COC(C)CN1c1nccc(C)c1C#N. The molecular weight excluding hydrogens is 226 g/mol. The fraction of sp³-hybridized carbons (Fsp3) is 0.571. The molecule has 4 nitrogen and oxygen atoms in total. The van der Waals surface area contributed by atoms with Crippen LogP contribution in [-0.2, 0) is 4.74 Å². The number of anilines is 1. The number of ether oxygens (including phenoxy) is 1. The van der Waals surface area contributed by atoms with Gasteiger partial charge in [-0.2, -0.15) is 5.26 Å². The monoisotopic (exact) mass is 245 g/mol. The Morgan fingerprint density at radius 2 is 2.39 bits per heavy atom. The van der Waals surface area contributed by atoms with E-state index in [1.54, 1.807) is 6.20 Å². The number of aromatic nitrogens is 1. The summed E-state index contributed by atoms with van der Waals surface area (Å²) < 4.78 is 5.68. The highest BCUT2D eigenvalue weighted by molar-refractivity contribution is 5.58. The van der Waals surface area contributed by atoms with Crippen molar-refractivity contribution in [3.63, 3.8) is 0 Å². The van der Waals surface area contributed by atoms with E-state index in [0.717, 1.165) is 24.3 Å². The van der Waals surface area contributed by atoms with Gasteiger partial charge in [-0.3, -0.25) is 0 Å². The topological polar surface area (TPSA) is 49.1 Å². The van der Waals surface area contributed by atoms with Gasteiger partial charge >= 0.3 is 0 Å². The van der Waals surface area contributed by atoms with E-state index in [9.17, 15) is 5.26 Å². The molecule has 1 saturated heterocycles. The Bertz CT molecular complexity index is 467. The number of hydrogen-bond donors (Lipinski definition) is 0. The molecule has 0 aliphatic carbocycles. The van der Waals surface area contributed by atoms with E-state index in [2.05, 4.69) is 29.8 Å². The van der Waals surface area contributed by atoms with Gasteiger partial charge in [0.05, 0.1) is 24.3 Å². The van der Waals surface area contributed by atoms with Crippen LogP contribution >= 0.6 is 0 Å². The van der Waals surface area contributed by atoms with Gasteiger partial charge in [0.2, 0.25) is 0 Å². The van der Waals surface area contributed by atoms with Gasteiger partial charge in [0.15, 0.2) is 0 Å². The molecule has 1 fully saturated rings. The average Bonchev–Trinajstić information content (AvgIpc) is 2.38. The van der Waals surface area contributed by atoms with Crippen molar-refractivity contribution < 1.29 is 4.74 Å². The van der Waals surface area contributed by atoms with Gasteiger partial charge in [-0.1, -0.05) is 6.92 Å². The first-order chi connectivity index (χ1) is 8.67. The van der Waals surface area contributed by atoms with E-state index in [1.165, 1.54) is 0 Å². The number of hydrogen-bond acceptors (Lipinski definition) is 4. The highest BCUT2D eigenvalue weighted by atomic mass is 16.5. The summed E-state index contributed by atoms with van der Waals surface area (Å²) in [5, 5.41) is 9.31. The summed E-state index contributed by atoms with van der Waals surface area (Å²) in [5.74, 6) is 0.805. The van der Waals surface area contributed by atoms with E-state index in [4.69, 9.17) is 4.74 Å². The van der Waals surface area contributed by atoms with Crippen molar-refractivity contribution in [2.75, 3.05) is 18.1 Å². The fourth-order valence-electron chi connectivity index (χ4n) is 2.34. The lowest BCUT2D eigenvalue weighted by molar-refractivity contribution is 0.0296. The van der Waals surface area contributed by atoms with Crippen LogP contribution in [0.4, 0.5) is 5.82 Å². The molecule has 0 spiro atoms. The number of rotatable bonds is 2. The van der Waals surface area contributed by atoms with Gasteiger partial charge in [-0.15, -0.1) is 0 Å². The molecule has 0 aromatic carbocycles. The molecule has 2 atom stereocenters. The van der Waals surface area contributed by atoms with Crippen molar-refractivity contribution in [2.45, 2.75) is 39.3 Å². The van der Waals surface area contributed by atoms with E-state index < -0.39 is 0 Å². The van der Waals surface area contributed by atoms with E-state index in [-0.39, 0.29) is 6.10 Å². The van der Waals surface area contributed by atoms with Crippen LogP contribution in [0, 0.1) is 18.3 Å². The van der Waals surface area contributed by atoms with Crippen LogP contribution in [0.3, 0.4) is 0 Å². The summed E-state index contributed by atoms with van der Waals surface area (Å²) in [6, 6.07) is 4.47. The molecule has 0 N–H and O–H groups in total. The molecular formula is C14H19N3O. The van der Waals surface area contributed by atoms with Gasteiger partial charge < -0.3 is 9.64 Å². The molecule has 2 rings (SSSR count). The standard InChI is InChI=1S/C14H19N3O/c1-4-12-9-18-11(3)8-17(12)14-13(7-15)10(2)5-6-16-14/h5-6,11-12H,4,8-9H2,1-3H3. The predicted octanol–water partition coefficient (Wildman–Crippen LogP) is 2.27. The molecule has 4 heteroatoms. The summed E-state index contributed by atoms with van der Waals surface area (Å²) in [4.78, 5) is 6.64. The van der Waals surface area contributed by atoms with E-state index >= 15 is 0 Å². The molecule has 1 aromatic rings. The lowest BCUT2D eigenvalue weighted by Crippen LogP contribution is -2.49. The largest absolute Gasteiger partial charge is 0.375 e. The van der Waals surface area contributed by atoms with Crippen molar-refractivity contribution in [3.05, 3.63) is 23.4 Å². The lowest BCUT2D eigenvalue weighted by atomic mass is 10.1. The second-order valence-corrected chi connectivity index (χ2v) is 4.80. The minimum Gasteiger partial charge on any atom is -0.375 e. The van der Waals surface area contributed by atoms with Crippen molar-refractivity contribution >= 4 is 5.82 Å². The van der Waals surface area contributed by atoms with E-state index in [1.807, 2.05) is 13.0 Å². The summed E-state index contributed by atoms with van der Waals surface area (Å²) in [7, 11) is 0. The maximum absolute atomic E-state index is 9.31. The van der Waals surface area contributed by atoms with Crippen LogP contribution in [-0.4, -0.2) is 30.3 Å². The molecule has 1 aliphatic rings. The zero-order valence-electron chi connectivity index (χ0n) is 11.2. The number of morpholine rings is 1. The van der Waals surface area contributed by atoms with Gasteiger partial charge in [0.25, 0.3) is 0 Å². The molecule has 18 heavy (non-hydrogen) atoms. The average molecular weight is 245 g/mol. The molecule has 2 heterocycles. The highest BCUT2D eigenvalue weighted by Gasteiger charge is 2.28. The van der Waals surface area contributed by atoms with Gasteiger partial charge in [0.1, 0.15) is 11.9 Å². The Balaban J connectivity index is 2.40. The zero-order valence-corrected chi connectivity index (χ0v) is 11.2. The first-order valence-corrected chi connectivity index (χ1v) is 6.41. The third kappa shape index (κ3) is 2.32. The van der Waals surface area contributed by atoms with Gasteiger partial charge in [-0.05, 0) is 31.9 Å². The van der Waals surface area contributed by atoms with Crippen molar-refractivity contribution in [3.8, 4) is 6.07 Å². The molecule has 1 aromatic heterocycles. The maximum atomic E-state index is 9.31. The Labute approximate surface area is 108 Å². The molecule has 96 valence electrons. The van der Waals surface area contributed by atoms with Gasteiger partial charge in [-0.25, -0.2) is 4.98 Å². The number of aryl methyl sites for hydroxylation is 1. The zero-order chi connectivity index (χ0) is 13.1. The van der Waals surface area contributed by atoms with Crippen LogP contribution in [0.2, 0.25) is 0 Å². The van der Waals surface area contributed by atoms with Crippen LogP contribution in [0.1, 0.15) is 31.4 Å². The van der Waals surface area contributed by atoms with Crippen molar-refractivity contribution in [1.29, 1.82) is 5.26 Å². The predicted molar refractivity (Wildman–Crippen MR) is 70.5 cm³/mol. The van der Waals surface area contributed by atoms with Crippen LogP contribution in [0.25, 0.3) is 0 Å². The minimum atomic E-state index is 0.182. The molecule has 2 unspecified atom stereocenters. The first-order valence-electron chi connectivity index (χ1n) is 6.41. The van der Waals surface area contributed by atoms with Crippen LogP contribution in [0.15, 0.2) is 12.3 Å². The highest BCUT2D eigenvalue weighted by Crippen LogP contribution is 2.26. The number of nitriles is 1. The third-order valence-electron chi connectivity index (χ3n) is 3.46. The Morgan fingerprint density at radius 1 is 1.61 bits per heavy atom. The molecule has 0 bridgehead atoms. The third-order valence-corrected chi connectivity index (χ3v) is 3.46. The number of nitrogens with zero attached hydrogens (tertiary/aromatic N) is 3. The number of pyridine rings is 1. The van der Waals surface area contributed by atoms with Crippen molar-refractivity contribution in [1.82, 2.24) is 4.98 Å². The lowest BCUT2D eigenvalue weighted by Gasteiger charge is -2.39.